The van der Waals surface area contributed by atoms with Crippen molar-refractivity contribution in [2.24, 2.45) is 0 Å². The molecule has 4 nitrogen and oxygen atoms in total. The lowest BCUT2D eigenvalue weighted by molar-refractivity contribution is 0.332. The largest absolute Gasteiger partial charge is 0.453 e. The molecule has 0 bridgehead atoms. The van der Waals surface area contributed by atoms with E-state index in [0.29, 0.717) is 0 Å². The molecular formula is C72H80BN3OS. The maximum absolute atomic E-state index is 6.77. The maximum atomic E-state index is 6.77. The van der Waals surface area contributed by atoms with Crippen molar-refractivity contribution in [1.29, 1.82) is 0 Å². The molecule has 7 aromatic carbocycles. The smallest absolute Gasteiger partial charge is 0.264 e. The van der Waals surface area contributed by atoms with Gasteiger partial charge in [-0.05, 0) is 192 Å². The van der Waals surface area contributed by atoms with Gasteiger partial charge in [0, 0.05) is 43.3 Å². The minimum atomic E-state index is -0.0877. The first-order valence-electron chi connectivity index (χ1n) is 29.0. The summed E-state index contributed by atoms with van der Waals surface area (Å²) in [5, 5.41) is 1.36. The van der Waals surface area contributed by atoms with Crippen molar-refractivity contribution in [3.8, 4) is 11.5 Å². The number of nitrogens with zero attached hydrogens (tertiary/aromatic N) is 3. The van der Waals surface area contributed by atoms with Gasteiger partial charge in [-0.3, -0.25) is 0 Å². The number of thiophene rings is 1. The number of para-hydroxylation sites is 4. The van der Waals surface area contributed by atoms with Gasteiger partial charge in [0.2, 0.25) is 0 Å². The Kier molecular flexibility index (Phi) is 10.9. The lowest BCUT2D eigenvalue weighted by Gasteiger charge is -2.46. The minimum Gasteiger partial charge on any atom is -0.453 e. The van der Waals surface area contributed by atoms with Gasteiger partial charge in [-0.25, -0.2) is 0 Å². The third-order valence-electron chi connectivity index (χ3n) is 19.2. The first-order chi connectivity index (χ1) is 36.5. The second kappa shape index (κ2) is 16.7. The van der Waals surface area contributed by atoms with Crippen LogP contribution in [0.15, 0.2) is 127 Å². The van der Waals surface area contributed by atoms with Gasteiger partial charge < -0.3 is 19.4 Å². The van der Waals surface area contributed by atoms with Crippen LogP contribution in [-0.2, 0) is 37.9 Å². The lowest BCUT2D eigenvalue weighted by atomic mass is 9.36. The average molecular weight is 1050 g/mol. The second-order valence-electron chi connectivity index (χ2n) is 29.6. The molecule has 5 aliphatic rings. The highest BCUT2D eigenvalue weighted by atomic mass is 32.1. The van der Waals surface area contributed by atoms with E-state index in [1.165, 1.54) is 112 Å². The Morgan fingerprint density at radius 1 is 0.423 bits per heavy atom. The van der Waals surface area contributed by atoms with E-state index in [1.807, 2.05) is 0 Å². The van der Waals surface area contributed by atoms with Crippen molar-refractivity contribution in [3.63, 3.8) is 0 Å². The van der Waals surface area contributed by atoms with Crippen molar-refractivity contribution in [2.45, 2.75) is 181 Å². The summed E-state index contributed by atoms with van der Waals surface area (Å²) in [6.45, 7) is 41.1. The normalized spacial score (nSPS) is 18.3. The zero-order valence-corrected chi connectivity index (χ0v) is 50.5. The summed E-state index contributed by atoms with van der Waals surface area (Å²) in [6, 6.07) is 50.1. The highest BCUT2D eigenvalue weighted by Gasteiger charge is 2.49. The molecule has 4 heterocycles. The first kappa shape index (κ1) is 51.2. The molecule has 0 saturated heterocycles. The van der Waals surface area contributed by atoms with E-state index >= 15 is 0 Å². The Bertz CT molecular complexity index is 3750. The zero-order valence-electron chi connectivity index (χ0n) is 49.7. The summed E-state index contributed by atoms with van der Waals surface area (Å²) in [6.07, 6.45) is 4.66. The van der Waals surface area contributed by atoms with Gasteiger partial charge in [0.15, 0.2) is 11.5 Å². The fourth-order valence-electron chi connectivity index (χ4n) is 14.0. The Labute approximate surface area is 471 Å². The molecule has 0 N–H and O–H groups in total. The van der Waals surface area contributed by atoms with E-state index in [0.717, 1.165) is 41.4 Å². The van der Waals surface area contributed by atoms with Crippen molar-refractivity contribution in [1.82, 2.24) is 0 Å². The van der Waals surface area contributed by atoms with E-state index in [9.17, 15) is 0 Å². The molecule has 3 aliphatic heterocycles. The van der Waals surface area contributed by atoms with Crippen molar-refractivity contribution in [3.05, 3.63) is 166 Å². The summed E-state index contributed by atoms with van der Waals surface area (Å²) >= 11 is 2.05. The Morgan fingerprint density at radius 3 is 1.47 bits per heavy atom. The van der Waals surface area contributed by atoms with Crippen molar-refractivity contribution >= 4 is 95.0 Å². The van der Waals surface area contributed by atoms with Crippen LogP contribution in [0.1, 0.15) is 182 Å². The monoisotopic (exact) mass is 1050 g/mol. The van der Waals surface area contributed by atoms with Gasteiger partial charge in [0.1, 0.15) is 0 Å². The molecule has 0 amide bonds. The summed E-state index contributed by atoms with van der Waals surface area (Å²) in [7, 11) is 0. The summed E-state index contributed by atoms with van der Waals surface area (Å²) in [5.41, 5.74) is 23.3. The predicted octanol–water partition coefficient (Wildman–Crippen LogP) is 19.1. The van der Waals surface area contributed by atoms with Gasteiger partial charge in [-0.15, -0.1) is 11.3 Å². The van der Waals surface area contributed by atoms with Crippen LogP contribution in [-0.4, -0.2) is 6.71 Å². The molecule has 0 saturated carbocycles. The fraction of sp³-hybridized carbons (Fsp3) is 0.389. The van der Waals surface area contributed by atoms with Crippen LogP contribution in [0, 0.1) is 0 Å². The molecule has 6 heteroatoms. The van der Waals surface area contributed by atoms with Crippen LogP contribution in [0.5, 0.6) is 11.5 Å². The van der Waals surface area contributed by atoms with E-state index in [2.05, 4.69) is 271 Å². The SMILES string of the molecule is CC(C)(C)c1cc(N2c3ccc(C(C)(C)C)cc3B3c4sc5cc6c(cc5c4N(c4ccc5c(c4)C(C)(C)CCC5(C)C)c4cc(N5c7ccccc7Oc7ccccc75)cc2c43)C(C)(C)CCC6(C)C)cc(C(C)(C)C)c1. The third-order valence-corrected chi connectivity index (χ3v) is 20.4. The predicted molar refractivity (Wildman–Crippen MR) is 337 cm³/mol. The number of hydrogen-bond acceptors (Lipinski definition) is 5. The van der Waals surface area contributed by atoms with Gasteiger partial charge in [-0.2, -0.15) is 0 Å². The summed E-state index contributed by atoms with van der Waals surface area (Å²) in [4.78, 5) is 7.89. The number of benzene rings is 7. The molecule has 0 unspecified atom stereocenters. The maximum Gasteiger partial charge on any atom is 0.264 e. The molecule has 0 fully saturated rings. The van der Waals surface area contributed by atoms with Crippen molar-refractivity contribution in [2.75, 3.05) is 14.7 Å². The van der Waals surface area contributed by atoms with Crippen LogP contribution in [0.2, 0.25) is 0 Å². The molecule has 1 aromatic heterocycles. The molecule has 0 atom stereocenters. The standard InChI is InChI=1S/C72H80BN3OS/c1-66(2,3)43-26-29-55-54(37-43)73-63-58(74(55)47-35-44(67(4,5)6)34-45(36-47)68(7,8)9)39-48(75-56-22-18-20-24-60(56)77-61-25-21-19-23-57(61)75)40-59(63)76(46-27-28-50-51(38-46)70(12,13)31-30-69(50,10)11)64-49-41-52-53(42-62(49)78-65(64)73)72(16,17)33-32-71(52,14)15/h18-29,34-42H,30-33H2,1-17H3. The third kappa shape index (κ3) is 7.79. The Hall–Kier alpha value is -6.24. The van der Waals surface area contributed by atoms with Crippen LogP contribution < -0.4 is 35.1 Å². The quantitative estimate of drug-likeness (QED) is 0.164. The zero-order chi connectivity index (χ0) is 55.2. The Morgan fingerprint density at radius 2 is 0.910 bits per heavy atom. The molecule has 0 radical (unpaired) electrons. The highest BCUT2D eigenvalue weighted by molar-refractivity contribution is 7.33. The van der Waals surface area contributed by atoms with Gasteiger partial charge >= 0.3 is 0 Å². The van der Waals surface area contributed by atoms with Crippen LogP contribution in [0.4, 0.5) is 51.2 Å². The van der Waals surface area contributed by atoms with E-state index < -0.39 is 0 Å². The van der Waals surface area contributed by atoms with E-state index in [4.69, 9.17) is 4.74 Å². The molecule has 13 rings (SSSR count). The first-order valence-corrected chi connectivity index (χ1v) is 29.8. The molecule has 2 aliphatic carbocycles. The topological polar surface area (TPSA) is 19.0 Å². The van der Waals surface area contributed by atoms with Gasteiger partial charge in [0.05, 0.1) is 22.7 Å². The van der Waals surface area contributed by atoms with E-state index in [-0.39, 0.29) is 44.6 Å². The van der Waals surface area contributed by atoms with E-state index in [1.54, 1.807) is 0 Å². The molecule has 0 spiro atoms. The molecular weight excluding hydrogens is 966 g/mol. The van der Waals surface area contributed by atoms with Crippen LogP contribution >= 0.6 is 11.3 Å². The highest BCUT2D eigenvalue weighted by Crippen LogP contribution is 2.57. The molecule has 78 heavy (non-hydrogen) atoms. The lowest BCUT2D eigenvalue weighted by Crippen LogP contribution is -2.60. The van der Waals surface area contributed by atoms with Gasteiger partial charge in [-0.1, -0.05) is 166 Å². The molecule has 398 valence electrons. The number of hydrogen-bond donors (Lipinski definition) is 0. The fourth-order valence-corrected chi connectivity index (χ4v) is 15.3. The number of anilines is 9. The minimum absolute atomic E-state index is 0.0117. The number of ether oxygens (including phenoxy) is 1. The van der Waals surface area contributed by atoms with Crippen LogP contribution in [0.3, 0.4) is 0 Å². The van der Waals surface area contributed by atoms with Crippen LogP contribution in [0.25, 0.3) is 10.1 Å². The summed E-state index contributed by atoms with van der Waals surface area (Å²) in [5.74, 6) is 1.70. The summed E-state index contributed by atoms with van der Waals surface area (Å²) < 4.78 is 9.58. The second-order valence-corrected chi connectivity index (χ2v) is 30.7. The average Bonchev–Trinajstić information content (AvgIpc) is 2.36. The number of fused-ring (bicyclic) bond motifs is 10. The molecule has 8 aromatic rings. The number of rotatable bonds is 3. The van der Waals surface area contributed by atoms with Gasteiger partial charge in [0.25, 0.3) is 6.71 Å². The Balaban J connectivity index is 1.22. The van der Waals surface area contributed by atoms with Crippen molar-refractivity contribution < 1.29 is 4.74 Å².